The molecule has 0 spiro atoms. The molecule has 1 N–H and O–H groups in total. The van der Waals surface area contributed by atoms with Crippen molar-refractivity contribution in [2.45, 2.75) is 65.3 Å². The number of carbonyl (C=O) groups is 1. The number of aryl methyl sites for hydroxylation is 3. The van der Waals surface area contributed by atoms with E-state index in [4.69, 9.17) is 9.72 Å². The zero-order valence-electron chi connectivity index (χ0n) is 19.4. The molecule has 1 amide bonds. The number of nitrogens with one attached hydrogen (secondary N) is 1. The zero-order chi connectivity index (χ0) is 22.3. The lowest BCUT2D eigenvalue weighted by Gasteiger charge is -2.20. The topological polar surface area (TPSA) is 56.1 Å². The Morgan fingerprint density at radius 1 is 1.12 bits per heavy atom. The van der Waals surface area contributed by atoms with Crippen molar-refractivity contribution in [1.29, 1.82) is 0 Å². The number of aromatic nitrogens is 2. The maximum Gasteiger partial charge on any atom is 0.223 e. The van der Waals surface area contributed by atoms with Crippen LogP contribution in [0.25, 0.3) is 11.0 Å². The van der Waals surface area contributed by atoms with Gasteiger partial charge in [-0.3, -0.25) is 4.79 Å². The fourth-order valence-electron chi connectivity index (χ4n) is 4.74. The number of rotatable bonds is 9. The molecule has 0 aliphatic heterocycles. The second-order valence-electron chi connectivity index (χ2n) is 9.02. The van der Waals surface area contributed by atoms with E-state index in [1.807, 2.05) is 12.1 Å². The molecule has 1 saturated carbocycles. The van der Waals surface area contributed by atoms with E-state index in [9.17, 15) is 4.79 Å². The van der Waals surface area contributed by atoms with Gasteiger partial charge in [-0.25, -0.2) is 4.98 Å². The van der Waals surface area contributed by atoms with Crippen molar-refractivity contribution in [2.75, 3.05) is 13.2 Å². The summed E-state index contributed by atoms with van der Waals surface area (Å²) in [6, 6.07) is 14.5. The lowest BCUT2D eigenvalue weighted by atomic mass is 9.89. The summed E-state index contributed by atoms with van der Waals surface area (Å²) in [5, 5.41) is 3.15. The summed E-state index contributed by atoms with van der Waals surface area (Å²) >= 11 is 0. The molecule has 0 unspecified atom stereocenters. The van der Waals surface area contributed by atoms with Gasteiger partial charge in [-0.2, -0.15) is 0 Å². The highest BCUT2D eigenvalue weighted by molar-refractivity contribution is 5.78. The van der Waals surface area contributed by atoms with Crippen LogP contribution in [0.4, 0.5) is 0 Å². The van der Waals surface area contributed by atoms with Gasteiger partial charge >= 0.3 is 0 Å². The molecule has 0 bridgehead atoms. The molecule has 3 aromatic rings. The fraction of sp³-hybridized carbons (Fsp3) is 0.481. The predicted molar refractivity (Wildman–Crippen MR) is 129 cm³/mol. The first kappa shape index (κ1) is 22.4. The maximum atomic E-state index is 12.4. The van der Waals surface area contributed by atoms with Crippen LogP contribution >= 0.6 is 0 Å². The summed E-state index contributed by atoms with van der Waals surface area (Å²) < 4.78 is 8.35. The molecule has 0 radical (unpaired) electrons. The normalized spacial score (nSPS) is 14.6. The predicted octanol–water partition coefficient (Wildman–Crippen LogP) is 5.36. The van der Waals surface area contributed by atoms with Gasteiger partial charge in [0.2, 0.25) is 5.91 Å². The van der Waals surface area contributed by atoms with Gasteiger partial charge in [-0.1, -0.05) is 49.1 Å². The Bertz CT molecular complexity index is 1050. The van der Waals surface area contributed by atoms with Crippen LogP contribution in [0, 0.1) is 19.8 Å². The summed E-state index contributed by atoms with van der Waals surface area (Å²) in [5.41, 5.74) is 4.56. The van der Waals surface area contributed by atoms with Gasteiger partial charge in [0.25, 0.3) is 0 Å². The molecule has 4 rings (SSSR count). The maximum absolute atomic E-state index is 12.4. The summed E-state index contributed by atoms with van der Waals surface area (Å²) in [6.07, 6.45) is 7.46. The van der Waals surface area contributed by atoms with E-state index in [0.29, 0.717) is 13.2 Å². The minimum Gasteiger partial charge on any atom is -0.491 e. The van der Waals surface area contributed by atoms with Gasteiger partial charge in [0, 0.05) is 18.9 Å². The van der Waals surface area contributed by atoms with Crippen LogP contribution < -0.4 is 10.1 Å². The Morgan fingerprint density at radius 2 is 1.94 bits per heavy atom. The third-order valence-electron chi connectivity index (χ3n) is 6.49. The number of fused-ring (bicyclic) bond motifs is 1. The second kappa shape index (κ2) is 10.7. The Kier molecular flexibility index (Phi) is 7.46. The Labute approximate surface area is 191 Å². The van der Waals surface area contributed by atoms with Crippen LogP contribution in [-0.2, 0) is 17.8 Å². The van der Waals surface area contributed by atoms with Gasteiger partial charge in [0.1, 0.15) is 18.2 Å². The van der Waals surface area contributed by atoms with E-state index in [0.717, 1.165) is 60.4 Å². The van der Waals surface area contributed by atoms with Crippen molar-refractivity contribution in [2.24, 2.45) is 5.92 Å². The first-order chi connectivity index (χ1) is 15.6. The van der Waals surface area contributed by atoms with Crippen molar-refractivity contribution in [1.82, 2.24) is 14.9 Å². The van der Waals surface area contributed by atoms with Crippen molar-refractivity contribution in [3.63, 3.8) is 0 Å². The number of para-hydroxylation sites is 2. The van der Waals surface area contributed by atoms with Crippen molar-refractivity contribution in [3.05, 3.63) is 59.4 Å². The first-order valence-corrected chi connectivity index (χ1v) is 12.0. The fourth-order valence-corrected chi connectivity index (χ4v) is 4.74. The Hall–Kier alpha value is -2.82. The van der Waals surface area contributed by atoms with Gasteiger partial charge in [-0.15, -0.1) is 0 Å². The number of carbonyl (C=O) groups excluding carboxylic acids is 1. The Morgan fingerprint density at radius 3 is 2.75 bits per heavy atom. The van der Waals surface area contributed by atoms with E-state index in [2.05, 4.69) is 54.1 Å². The molecule has 1 fully saturated rings. The van der Waals surface area contributed by atoms with Crippen LogP contribution in [0.2, 0.25) is 0 Å². The summed E-state index contributed by atoms with van der Waals surface area (Å²) in [4.78, 5) is 17.3. The van der Waals surface area contributed by atoms with E-state index >= 15 is 0 Å². The number of hydrogen-bond donors (Lipinski definition) is 1. The molecule has 1 aromatic heterocycles. The molecule has 32 heavy (non-hydrogen) atoms. The van der Waals surface area contributed by atoms with Gasteiger partial charge in [-0.05, 0) is 56.9 Å². The average Bonchev–Trinajstić information content (AvgIpc) is 3.16. The Balaban J connectivity index is 1.35. The van der Waals surface area contributed by atoms with Crippen molar-refractivity contribution >= 4 is 16.9 Å². The van der Waals surface area contributed by atoms with Gasteiger partial charge in [0.15, 0.2) is 0 Å². The van der Waals surface area contributed by atoms with Gasteiger partial charge in [0.05, 0.1) is 17.6 Å². The standard InChI is InChI=1S/C27H35N3O2/c1-20-14-15-25(21(2)19-20)32-18-17-30-24-12-7-6-11-23(24)29-26(30)13-8-16-28-27(31)22-9-4-3-5-10-22/h6-7,11-12,14-15,19,22H,3-5,8-10,13,16-18H2,1-2H3,(H,28,31). The zero-order valence-corrected chi connectivity index (χ0v) is 19.4. The SMILES string of the molecule is Cc1ccc(OCCn2c(CCCNC(=O)C3CCCCC3)nc3ccccc32)c(C)c1. The van der Waals surface area contributed by atoms with E-state index in [1.54, 1.807) is 0 Å². The van der Waals surface area contributed by atoms with Crippen LogP contribution in [-0.4, -0.2) is 28.6 Å². The summed E-state index contributed by atoms with van der Waals surface area (Å²) in [6.45, 7) is 6.23. The van der Waals surface area contributed by atoms with Crippen LogP contribution in [0.3, 0.4) is 0 Å². The smallest absolute Gasteiger partial charge is 0.223 e. The quantitative estimate of drug-likeness (QED) is 0.462. The lowest BCUT2D eigenvalue weighted by molar-refractivity contribution is -0.125. The number of benzene rings is 2. The highest BCUT2D eigenvalue weighted by Crippen LogP contribution is 2.24. The number of imidazole rings is 1. The summed E-state index contributed by atoms with van der Waals surface area (Å²) in [7, 11) is 0. The minimum atomic E-state index is 0.218. The number of hydrogen-bond acceptors (Lipinski definition) is 3. The molecular weight excluding hydrogens is 398 g/mol. The average molecular weight is 434 g/mol. The van der Waals surface area contributed by atoms with Gasteiger partial charge < -0.3 is 14.6 Å². The third kappa shape index (κ3) is 5.50. The highest BCUT2D eigenvalue weighted by Gasteiger charge is 2.20. The molecule has 170 valence electrons. The number of ether oxygens (including phenoxy) is 1. The molecule has 1 aliphatic rings. The molecule has 5 heteroatoms. The van der Waals surface area contributed by atoms with Crippen LogP contribution in [0.15, 0.2) is 42.5 Å². The summed E-state index contributed by atoms with van der Waals surface area (Å²) in [5.74, 6) is 2.45. The molecule has 0 saturated heterocycles. The van der Waals surface area contributed by atoms with E-state index in [1.165, 1.54) is 24.8 Å². The van der Waals surface area contributed by atoms with E-state index < -0.39 is 0 Å². The third-order valence-corrected chi connectivity index (χ3v) is 6.49. The number of amides is 1. The minimum absolute atomic E-state index is 0.218. The molecule has 0 atom stereocenters. The van der Waals surface area contributed by atoms with Crippen molar-refractivity contribution < 1.29 is 9.53 Å². The number of nitrogens with zero attached hydrogens (tertiary/aromatic N) is 2. The molecule has 2 aromatic carbocycles. The second-order valence-corrected chi connectivity index (χ2v) is 9.02. The van der Waals surface area contributed by atoms with Crippen molar-refractivity contribution in [3.8, 4) is 5.75 Å². The van der Waals surface area contributed by atoms with Crippen LogP contribution in [0.5, 0.6) is 5.75 Å². The molecule has 1 aliphatic carbocycles. The largest absolute Gasteiger partial charge is 0.491 e. The molecule has 5 nitrogen and oxygen atoms in total. The monoisotopic (exact) mass is 433 g/mol. The highest BCUT2D eigenvalue weighted by atomic mass is 16.5. The van der Waals surface area contributed by atoms with E-state index in [-0.39, 0.29) is 11.8 Å². The molecule has 1 heterocycles. The molecular formula is C27H35N3O2. The van der Waals surface area contributed by atoms with Crippen LogP contribution in [0.1, 0.15) is 55.5 Å². The lowest BCUT2D eigenvalue weighted by Crippen LogP contribution is -2.32. The first-order valence-electron chi connectivity index (χ1n) is 12.0.